The third-order valence-corrected chi connectivity index (χ3v) is 0.928. The van der Waals surface area contributed by atoms with Crippen molar-refractivity contribution >= 4 is 0 Å². The summed E-state index contributed by atoms with van der Waals surface area (Å²) in [6, 6.07) is 0. The van der Waals surface area contributed by atoms with Gasteiger partial charge in [0, 0.05) is 26.1 Å². The van der Waals surface area contributed by atoms with Crippen LogP contribution in [-0.2, 0) is 4.74 Å². The fourth-order valence-electron chi connectivity index (χ4n) is 0.417. The van der Waals surface area contributed by atoms with Gasteiger partial charge in [0.25, 0.3) is 0 Å². The molecule has 4 heteroatoms. The molecule has 0 heterocycles. The second kappa shape index (κ2) is 6.38. The Labute approximate surface area is 61.6 Å². The van der Waals surface area contributed by atoms with Gasteiger partial charge in [0.2, 0.25) is 0 Å². The van der Waals surface area contributed by atoms with Crippen molar-refractivity contribution in [1.82, 2.24) is 16.2 Å². The van der Waals surface area contributed by atoms with E-state index in [0.29, 0.717) is 6.73 Å². The highest BCUT2D eigenvalue weighted by molar-refractivity contribution is 4.91. The first-order valence-electron chi connectivity index (χ1n) is 3.13. The highest BCUT2D eigenvalue weighted by Crippen LogP contribution is 1.79. The molecule has 3 N–H and O–H groups in total. The smallest absolute Gasteiger partial charge is 0.115 e. The van der Waals surface area contributed by atoms with Crippen molar-refractivity contribution in [3.63, 3.8) is 0 Å². The summed E-state index contributed by atoms with van der Waals surface area (Å²) in [6.45, 7) is 2.48. The van der Waals surface area contributed by atoms with Crippen molar-refractivity contribution in [2.75, 3.05) is 20.9 Å². The van der Waals surface area contributed by atoms with Crippen LogP contribution in [0.3, 0.4) is 0 Å². The van der Waals surface area contributed by atoms with Crippen molar-refractivity contribution in [2.45, 2.75) is 6.92 Å². The van der Waals surface area contributed by atoms with E-state index in [4.69, 9.17) is 4.74 Å². The Hall–Kier alpha value is -0.740. The van der Waals surface area contributed by atoms with Crippen LogP contribution < -0.4 is 16.2 Å². The van der Waals surface area contributed by atoms with E-state index in [-0.39, 0.29) is 0 Å². The number of hydrogen-bond acceptors (Lipinski definition) is 4. The molecule has 0 unspecified atom stereocenters. The number of allylic oxidation sites excluding steroid dienone is 1. The minimum Gasteiger partial charge on any atom is -0.365 e. The van der Waals surface area contributed by atoms with Gasteiger partial charge in [-0.3, -0.25) is 0 Å². The molecule has 0 spiro atoms. The highest BCUT2D eigenvalue weighted by atomic mass is 16.5. The predicted octanol–water partition coefficient (Wildman–Crippen LogP) is -0.235. The average molecular weight is 145 g/mol. The number of methoxy groups -OCH3 is 1. The average Bonchev–Trinajstić information content (AvgIpc) is 1.97. The lowest BCUT2D eigenvalue weighted by molar-refractivity contribution is 0.184. The molecule has 0 bridgehead atoms. The third kappa shape index (κ3) is 5.40. The summed E-state index contributed by atoms with van der Waals surface area (Å²) < 4.78 is 4.79. The summed E-state index contributed by atoms with van der Waals surface area (Å²) >= 11 is 0. The molecular formula is C6H15N3O. The Kier molecular flexibility index (Phi) is 5.91. The van der Waals surface area contributed by atoms with Crippen molar-refractivity contribution in [1.29, 1.82) is 0 Å². The molecular weight excluding hydrogens is 130 g/mol. The van der Waals surface area contributed by atoms with Gasteiger partial charge in [0.15, 0.2) is 0 Å². The number of ether oxygens (including phenoxy) is 1. The van der Waals surface area contributed by atoms with E-state index in [9.17, 15) is 0 Å². The topological polar surface area (TPSA) is 45.3 Å². The molecule has 0 aromatic heterocycles. The minimum atomic E-state index is 0.535. The van der Waals surface area contributed by atoms with Gasteiger partial charge < -0.3 is 15.5 Å². The van der Waals surface area contributed by atoms with Crippen LogP contribution in [0.4, 0.5) is 0 Å². The second-order valence-electron chi connectivity index (χ2n) is 1.83. The van der Waals surface area contributed by atoms with E-state index >= 15 is 0 Å². The summed E-state index contributed by atoms with van der Waals surface area (Å²) in [7, 11) is 3.45. The molecule has 0 radical (unpaired) electrons. The molecule has 0 saturated carbocycles. The third-order valence-electron chi connectivity index (χ3n) is 0.928. The van der Waals surface area contributed by atoms with Gasteiger partial charge in [-0.15, -0.1) is 0 Å². The van der Waals surface area contributed by atoms with Crippen LogP contribution in [-0.4, -0.2) is 20.9 Å². The monoisotopic (exact) mass is 145 g/mol. The van der Waals surface area contributed by atoms with E-state index in [1.54, 1.807) is 14.2 Å². The van der Waals surface area contributed by atoms with Gasteiger partial charge in [-0.25, -0.2) is 5.43 Å². The number of hydrazine groups is 1. The Morgan fingerprint density at radius 2 is 2.30 bits per heavy atom. The van der Waals surface area contributed by atoms with Crippen LogP contribution in [0.1, 0.15) is 6.92 Å². The molecule has 0 aliphatic heterocycles. The minimum absolute atomic E-state index is 0.535. The zero-order chi connectivity index (χ0) is 7.82. The number of hydrogen-bond donors (Lipinski definition) is 3. The molecule has 0 aromatic rings. The molecule has 0 rings (SSSR count). The normalized spacial score (nSPS) is 11.3. The lowest BCUT2D eigenvalue weighted by atomic mass is 10.5. The van der Waals surface area contributed by atoms with Gasteiger partial charge in [0.05, 0.1) is 0 Å². The highest BCUT2D eigenvalue weighted by Gasteiger charge is 1.82. The summed E-state index contributed by atoms with van der Waals surface area (Å²) in [5.74, 6) is 0. The maximum atomic E-state index is 4.79. The zero-order valence-electron chi connectivity index (χ0n) is 6.69. The van der Waals surface area contributed by atoms with E-state index in [1.807, 2.05) is 13.1 Å². The Bertz CT molecular complexity index is 103. The molecule has 0 aromatic carbocycles. The lowest BCUT2D eigenvalue weighted by Crippen LogP contribution is -2.24. The Morgan fingerprint density at radius 1 is 1.60 bits per heavy atom. The van der Waals surface area contributed by atoms with E-state index in [0.717, 1.165) is 5.70 Å². The lowest BCUT2D eigenvalue weighted by Gasteiger charge is -2.04. The quantitative estimate of drug-likeness (QED) is 0.369. The van der Waals surface area contributed by atoms with Gasteiger partial charge >= 0.3 is 0 Å². The summed E-state index contributed by atoms with van der Waals surface area (Å²) in [5.41, 5.74) is 6.62. The Morgan fingerprint density at radius 3 is 2.80 bits per heavy atom. The van der Waals surface area contributed by atoms with Crippen LogP contribution in [0.2, 0.25) is 0 Å². The molecule has 0 fully saturated rings. The van der Waals surface area contributed by atoms with Crippen molar-refractivity contribution < 1.29 is 4.74 Å². The molecule has 0 atom stereocenters. The number of rotatable bonds is 5. The maximum Gasteiger partial charge on any atom is 0.115 e. The van der Waals surface area contributed by atoms with Crippen LogP contribution in [0.25, 0.3) is 0 Å². The summed E-state index contributed by atoms with van der Waals surface area (Å²) in [6.07, 6.45) is 1.82. The van der Waals surface area contributed by atoms with Crippen LogP contribution in [0, 0.1) is 0 Å². The first kappa shape index (κ1) is 9.26. The molecule has 0 amide bonds. The zero-order valence-corrected chi connectivity index (χ0v) is 6.69. The SMILES string of the molecule is CNN/C=C(/C)NCOC. The van der Waals surface area contributed by atoms with E-state index < -0.39 is 0 Å². The van der Waals surface area contributed by atoms with Crippen molar-refractivity contribution in [3.8, 4) is 0 Å². The van der Waals surface area contributed by atoms with Gasteiger partial charge in [0.1, 0.15) is 6.73 Å². The first-order chi connectivity index (χ1) is 4.81. The standard InChI is InChI=1S/C6H15N3O/c1-6(4-9-7-2)8-5-10-3/h4,7-9H,5H2,1-3H3/b6-4-. The summed E-state index contributed by atoms with van der Waals surface area (Å²) in [5, 5.41) is 3.00. The molecule has 4 nitrogen and oxygen atoms in total. The molecule has 10 heavy (non-hydrogen) atoms. The first-order valence-corrected chi connectivity index (χ1v) is 3.13. The van der Waals surface area contributed by atoms with Crippen LogP contribution in [0.5, 0.6) is 0 Å². The van der Waals surface area contributed by atoms with Crippen molar-refractivity contribution in [2.24, 2.45) is 0 Å². The molecule has 0 aliphatic carbocycles. The summed E-state index contributed by atoms with van der Waals surface area (Å²) in [4.78, 5) is 0. The van der Waals surface area contributed by atoms with E-state index in [1.165, 1.54) is 0 Å². The van der Waals surface area contributed by atoms with Gasteiger partial charge in [-0.1, -0.05) is 0 Å². The molecule has 0 saturated heterocycles. The van der Waals surface area contributed by atoms with Crippen LogP contribution in [0.15, 0.2) is 11.9 Å². The fraction of sp³-hybridized carbons (Fsp3) is 0.667. The van der Waals surface area contributed by atoms with Crippen LogP contribution >= 0.6 is 0 Å². The van der Waals surface area contributed by atoms with Gasteiger partial charge in [-0.05, 0) is 6.92 Å². The van der Waals surface area contributed by atoms with E-state index in [2.05, 4.69) is 16.2 Å². The molecule has 60 valence electrons. The van der Waals surface area contributed by atoms with Gasteiger partial charge in [-0.2, -0.15) is 0 Å². The molecule has 0 aliphatic rings. The predicted molar refractivity (Wildman–Crippen MR) is 41.0 cm³/mol. The second-order valence-corrected chi connectivity index (χ2v) is 1.83. The largest absolute Gasteiger partial charge is 0.365 e. The van der Waals surface area contributed by atoms with Crippen molar-refractivity contribution in [3.05, 3.63) is 11.9 Å². The number of nitrogens with one attached hydrogen (secondary N) is 3. The fourth-order valence-corrected chi connectivity index (χ4v) is 0.417. The Balaban J connectivity index is 3.30. The maximum absolute atomic E-state index is 4.79.